The Balaban J connectivity index is 1.25. The van der Waals surface area contributed by atoms with Crippen LogP contribution in [0.15, 0.2) is 48.7 Å². The number of carbonyl (C=O) groups is 1. The van der Waals surface area contributed by atoms with Crippen LogP contribution in [0, 0.1) is 0 Å². The molecule has 1 saturated heterocycles. The fourth-order valence-corrected chi connectivity index (χ4v) is 4.86. The molecule has 28 heavy (non-hydrogen) atoms. The minimum Gasteiger partial charge on any atom is -0.467 e. The molecule has 0 radical (unpaired) electrons. The predicted octanol–water partition coefficient (Wildman–Crippen LogP) is 5.11. The molecule has 2 aromatic carbocycles. The maximum Gasteiger partial charge on any atom is 0.274 e. The highest BCUT2D eigenvalue weighted by Gasteiger charge is 2.26. The molecule has 1 fully saturated rings. The minimum absolute atomic E-state index is 0.0614. The van der Waals surface area contributed by atoms with E-state index in [4.69, 9.17) is 16.3 Å². The van der Waals surface area contributed by atoms with E-state index < -0.39 is 0 Å². The summed E-state index contributed by atoms with van der Waals surface area (Å²) in [5.74, 6) is 0.0719. The van der Waals surface area contributed by atoms with Gasteiger partial charge in [-0.15, -0.1) is 0 Å². The Kier molecular flexibility index (Phi) is 4.45. The number of nitrogens with zero attached hydrogens (tertiary/aromatic N) is 2. The molecular formula is C21H18ClN3O2S. The Hall–Kier alpha value is -2.57. The van der Waals surface area contributed by atoms with E-state index in [9.17, 15) is 4.79 Å². The number of H-pyrrole nitrogens is 1. The largest absolute Gasteiger partial charge is 0.467 e. The molecule has 4 aromatic rings. The third-order valence-corrected chi connectivity index (χ3v) is 6.38. The van der Waals surface area contributed by atoms with E-state index in [1.54, 1.807) is 6.20 Å². The van der Waals surface area contributed by atoms with E-state index in [0.29, 0.717) is 23.3 Å². The smallest absolute Gasteiger partial charge is 0.274 e. The number of aromatic amines is 1. The van der Waals surface area contributed by atoms with E-state index in [1.807, 2.05) is 47.4 Å². The maximum atomic E-state index is 12.9. The highest BCUT2D eigenvalue weighted by atomic mass is 35.5. The van der Waals surface area contributed by atoms with Crippen molar-refractivity contribution in [3.63, 3.8) is 0 Å². The molecule has 0 saturated carbocycles. The first-order valence-corrected chi connectivity index (χ1v) is 10.5. The summed E-state index contributed by atoms with van der Waals surface area (Å²) in [6.45, 7) is 1.35. The van der Waals surface area contributed by atoms with Crippen LogP contribution < -0.4 is 4.74 Å². The van der Waals surface area contributed by atoms with Crippen molar-refractivity contribution in [3.05, 3.63) is 59.2 Å². The highest BCUT2D eigenvalue weighted by Crippen LogP contribution is 2.33. The number of benzene rings is 2. The van der Waals surface area contributed by atoms with E-state index in [-0.39, 0.29) is 12.0 Å². The number of amides is 1. The fourth-order valence-electron chi connectivity index (χ4n) is 3.68. The van der Waals surface area contributed by atoms with Crippen molar-refractivity contribution in [2.45, 2.75) is 18.9 Å². The van der Waals surface area contributed by atoms with Gasteiger partial charge >= 0.3 is 0 Å². The van der Waals surface area contributed by atoms with Crippen LogP contribution in [0.1, 0.15) is 23.2 Å². The number of halogens is 1. The standard InChI is InChI=1S/C21H18ClN3O2S/c22-16-5-3-7-18-19(16)24-21(28-18)27-13-8-10-25(11-9-13)20(26)15-12-23-17-6-2-1-4-14(15)17/h1-7,12-13,23H,8-11H2. The Morgan fingerprint density at radius 3 is 2.82 bits per heavy atom. The summed E-state index contributed by atoms with van der Waals surface area (Å²) in [6, 6.07) is 13.6. The Bertz CT molecular complexity index is 1160. The molecule has 1 aliphatic heterocycles. The second-order valence-electron chi connectivity index (χ2n) is 6.92. The zero-order chi connectivity index (χ0) is 19.1. The molecule has 142 valence electrons. The van der Waals surface area contributed by atoms with Gasteiger partial charge in [0.15, 0.2) is 0 Å². The van der Waals surface area contributed by atoms with Gasteiger partial charge in [0.25, 0.3) is 11.1 Å². The van der Waals surface area contributed by atoms with Gasteiger partial charge in [-0.1, -0.05) is 47.2 Å². The number of likely N-dealkylation sites (tertiary alicyclic amines) is 1. The molecule has 0 bridgehead atoms. The molecule has 5 nitrogen and oxygen atoms in total. The number of thiazole rings is 1. The second kappa shape index (κ2) is 7.11. The number of carbonyl (C=O) groups excluding carboxylic acids is 1. The summed E-state index contributed by atoms with van der Waals surface area (Å²) in [5, 5.41) is 2.25. The molecule has 0 spiro atoms. The molecule has 1 N–H and O–H groups in total. The average Bonchev–Trinajstić information content (AvgIpc) is 3.33. The number of aromatic nitrogens is 2. The monoisotopic (exact) mass is 411 g/mol. The number of piperidine rings is 1. The number of hydrogen-bond acceptors (Lipinski definition) is 4. The van der Waals surface area contributed by atoms with Gasteiger partial charge in [0.2, 0.25) is 0 Å². The number of para-hydroxylation sites is 2. The summed E-state index contributed by atoms with van der Waals surface area (Å²) in [5.41, 5.74) is 2.51. The van der Waals surface area contributed by atoms with Crippen molar-refractivity contribution in [1.82, 2.24) is 14.9 Å². The summed E-state index contributed by atoms with van der Waals surface area (Å²) in [6.07, 6.45) is 3.45. The molecule has 1 amide bonds. The zero-order valence-electron chi connectivity index (χ0n) is 15.0. The van der Waals surface area contributed by atoms with Crippen molar-refractivity contribution in [3.8, 4) is 5.19 Å². The van der Waals surface area contributed by atoms with Crippen LogP contribution in [0.4, 0.5) is 0 Å². The first kappa shape index (κ1) is 17.5. The quantitative estimate of drug-likeness (QED) is 0.509. The van der Waals surface area contributed by atoms with Gasteiger partial charge in [0.1, 0.15) is 11.6 Å². The molecule has 0 aliphatic carbocycles. The second-order valence-corrected chi connectivity index (χ2v) is 8.32. The van der Waals surface area contributed by atoms with E-state index in [0.717, 1.165) is 39.5 Å². The number of rotatable bonds is 3. The molecule has 2 aromatic heterocycles. The van der Waals surface area contributed by atoms with Gasteiger partial charge in [-0.25, -0.2) is 4.98 Å². The van der Waals surface area contributed by atoms with E-state index in [2.05, 4.69) is 9.97 Å². The highest BCUT2D eigenvalue weighted by molar-refractivity contribution is 7.20. The molecular weight excluding hydrogens is 394 g/mol. The van der Waals surface area contributed by atoms with Crippen molar-refractivity contribution in [2.75, 3.05) is 13.1 Å². The van der Waals surface area contributed by atoms with Crippen LogP contribution in [0.5, 0.6) is 5.19 Å². The Labute approximate surface area is 170 Å². The third-order valence-electron chi connectivity index (χ3n) is 5.17. The predicted molar refractivity (Wildman–Crippen MR) is 112 cm³/mol. The van der Waals surface area contributed by atoms with Crippen LogP contribution in [0.2, 0.25) is 5.02 Å². The average molecular weight is 412 g/mol. The first-order valence-electron chi connectivity index (χ1n) is 9.26. The van der Waals surface area contributed by atoms with Crippen LogP contribution in [0.3, 0.4) is 0 Å². The molecule has 0 atom stereocenters. The van der Waals surface area contributed by atoms with Crippen molar-refractivity contribution < 1.29 is 9.53 Å². The summed E-state index contributed by atoms with van der Waals surface area (Å²) in [7, 11) is 0. The number of hydrogen-bond donors (Lipinski definition) is 1. The normalized spacial score (nSPS) is 15.4. The number of fused-ring (bicyclic) bond motifs is 2. The number of nitrogens with one attached hydrogen (secondary N) is 1. The maximum absolute atomic E-state index is 12.9. The lowest BCUT2D eigenvalue weighted by Gasteiger charge is -2.31. The minimum atomic E-state index is 0.0614. The lowest BCUT2D eigenvalue weighted by Crippen LogP contribution is -2.41. The lowest BCUT2D eigenvalue weighted by atomic mass is 10.1. The van der Waals surface area contributed by atoms with Crippen molar-refractivity contribution in [1.29, 1.82) is 0 Å². The summed E-state index contributed by atoms with van der Waals surface area (Å²) in [4.78, 5) is 22.5. The van der Waals surface area contributed by atoms with Gasteiger partial charge in [-0.3, -0.25) is 4.79 Å². The molecule has 3 heterocycles. The zero-order valence-corrected chi connectivity index (χ0v) is 16.6. The fraction of sp³-hybridized carbons (Fsp3) is 0.238. The van der Waals surface area contributed by atoms with Gasteiger partial charge in [-0.05, 0) is 18.2 Å². The van der Waals surface area contributed by atoms with Crippen LogP contribution >= 0.6 is 22.9 Å². The first-order chi connectivity index (χ1) is 13.7. The molecule has 0 unspecified atom stereocenters. The summed E-state index contributed by atoms with van der Waals surface area (Å²) < 4.78 is 7.11. The SMILES string of the molecule is O=C(c1c[nH]c2ccccc12)N1CCC(Oc2nc3c(Cl)cccc3s2)CC1. The van der Waals surface area contributed by atoms with Crippen molar-refractivity contribution in [2.24, 2.45) is 0 Å². The topological polar surface area (TPSA) is 58.2 Å². The third kappa shape index (κ3) is 3.12. The molecule has 1 aliphatic rings. The van der Waals surface area contributed by atoms with Crippen LogP contribution in [0.25, 0.3) is 21.1 Å². The molecule has 7 heteroatoms. The van der Waals surface area contributed by atoms with Gasteiger partial charge < -0.3 is 14.6 Å². The van der Waals surface area contributed by atoms with Crippen molar-refractivity contribution >= 4 is 50.0 Å². The van der Waals surface area contributed by atoms with Crippen LogP contribution in [-0.2, 0) is 0 Å². The Morgan fingerprint density at radius 2 is 2.00 bits per heavy atom. The summed E-state index contributed by atoms with van der Waals surface area (Å²) >= 11 is 7.71. The van der Waals surface area contributed by atoms with E-state index >= 15 is 0 Å². The number of ether oxygens (including phenoxy) is 1. The Morgan fingerprint density at radius 1 is 1.18 bits per heavy atom. The van der Waals surface area contributed by atoms with Crippen LogP contribution in [-0.4, -0.2) is 40.0 Å². The molecule has 5 rings (SSSR count). The van der Waals surface area contributed by atoms with Gasteiger partial charge in [-0.2, -0.15) is 0 Å². The van der Waals surface area contributed by atoms with Gasteiger partial charge in [0, 0.05) is 43.0 Å². The van der Waals surface area contributed by atoms with Gasteiger partial charge in [0.05, 0.1) is 15.3 Å². The lowest BCUT2D eigenvalue weighted by molar-refractivity contribution is 0.0597. The van der Waals surface area contributed by atoms with E-state index in [1.165, 1.54) is 11.3 Å².